The predicted octanol–water partition coefficient (Wildman–Crippen LogP) is 13.0. The lowest BCUT2D eigenvalue weighted by molar-refractivity contribution is 0.670. The minimum atomic E-state index is 0.640. The molecule has 0 amide bonds. The van der Waals surface area contributed by atoms with Gasteiger partial charge in [0.25, 0.3) is 0 Å². The van der Waals surface area contributed by atoms with Crippen molar-refractivity contribution < 1.29 is 4.42 Å². The molecule has 2 heterocycles. The maximum Gasteiger partial charge on any atom is 0.164 e. The summed E-state index contributed by atoms with van der Waals surface area (Å²) >= 11 is 0. The monoisotopic (exact) mass is 675 g/mol. The second-order valence-corrected chi connectivity index (χ2v) is 13.6. The molecule has 0 N–H and O–H groups in total. The van der Waals surface area contributed by atoms with Crippen molar-refractivity contribution >= 4 is 54.3 Å². The van der Waals surface area contributed by atoms with Gasteiger partial charge in [-0.2, -0.15) is 0 Å². The van der Waals surface area contributed by atoms with E-state index in [4.69, 9.17) is 19.4 Å². The Morgan fingerprint density at radius 1 is 0.321 bits per heavy atom. The predicted molar refractivity (Wildman–Crippen MR) is 218 cm³/mol. The minimum absolute atomic E-state index is 0.640. The standard InChI is InChI=1S/C49H29N3O/c1-2-10-34(11-3-1)47-50-48(52-49(51-47)37-26-21-30-9-4-5-12-36(30)29-37)35-24-19-32(20-25-35)31-17-22-33(23-18-31)38-27-28-42-40-14-7-6-13-39(40)41-15-8-16-43-44(41)45(42)46(38)53-43/h1-29H. The third-order valence-electron chi connectivity index (χ3n) is 10.5. The van der Waals surface area contributed by atoms with Crippen LogP contribution in [0.15, 0.2) is 180 Å². The van der Waals surface area contributed by atoms with E-state index in [1.165, 1.54) is 37.7 Å². The van der Waals surface area contributed by atoms with Crippen molar-refractivity contribution in [3.63, 3.8) is 0 Å². The highest BCUT2D eigenvalue weighted by Crippen LogP contribution is 2.45. The molecule has 4 heteroatoms. The SMILES string of the molecule is c1ccc(-c2nc(-c3ccc(-c4ccc(-c5ccc6c7ccccc7c7cccc8oc5c6c87)cc4)cc3)nc(-c3ccc4ccccc4c3)n2)cc1. The zero-order valence-corrected chi connectivity index (χ0v) is 28.5. The van der Waals surface area contributed by atoms with E-state index in [0.29, 0.717) is 17.5 Å². The molecule has 2 aromatic heterocycles. The Balaban J connectivity index is 0.953. The molecule has 246 valence electrons. The topological polar surface area (TPSA) is 51.8 Å². The second kappa shape index (κ2) is 11.7. The van der Waals surface area contributed by atoms with Crippen molar-refractivity contribution in [1.29, 1.82) is 0 Å². The van der Waals surface area contributed by atoms with Crippen molar-refractivity contribution in [2.24, 2.45) is 0 Å². The fourth-order valence-corrected chi connectivity index (χ4v) is 7.88. The lowest BCUT2D eigenvalue weighted by atomic mass is 9.91. The van der Waals surface area contributed by atoms with E-state index in [-0.39, 0.29) is 0 Å². The van der Waals surface area contributed by atoms with Gasteiger partial charge in [-0.25, -0.2) is 15.0 Å². The average molecular weight is 676 g/mol. The van der Waals surface area contributed by atoms with Crippen LogP contribution in [0.25, 0.3) is 111 Å². The number of nitrogens with zero attached hydrogens (tertiary/aromatic N) is 3. The zero-order valence-electron chi connectivity index (χ0n) is 28.5. The Morgan fingerprint density at radius 3 is 1.57 bits per heavy atom. The quantitative estimate of drug-likeness (QED) is 0.170. The molecule has 9 aromatic carbocycles. The summed E-state index contributed by atoms with van der Waals surface area (Å²) in [5.41, 5.74) is 9.17. The van der Waals surface area contributed by atoms with Crippen LogP contribution in [0.3, 0.4) is 0 Å². The summed E-state index contributed by atoms with van der Waals surface area (Å²) in [4.78, 5) is 14.9. The lowest BCUT2D eigenvalue weighted by Crippen LogP contribution is -2.00. The van der Waals surface area contributed by atoms with Crippen LogP contribution in [0, 0.1) is 0 Å². The van der Waals surface area contributed by atoms with E-state index < -0.39 is 0 Å². The normalized spacial score (nSPS) is 11.8. The van der Waals surface area contributed by atoms with Crippen LogP contribution in [-0.4, -0.2) is 15.0 Å². The van der Waals surface area contributed by atoms with E-state index in [1.807, 2.05) is 30.3 Å². The van der Waals surface area contributed by atoms with Crippen LogP contribution in [0.5, 0.6) is 0 Å². The van der Waals surface area contributed by atoms with E-state index in [9.17, 15) is 0 Å². The third kappa shape index (κ3) is 4.80. The van der Waals surface area contributed by atoms with Crippen molar-refractivity contribution in [3.8, 4) is 56.4 Å². The van der Waals surface area contributed by atoms with Gasteiger partial charge in [0.05, 0.1) is 0 Å². The highest BCUT2D eigenvalue weighted by molar-refractivity contribution is 6.34. The van der Waals surface area contributed by atoms with E-state index in [2.05, 4.69) is 146 Å². The van der Waals surface area contributed by atoms with Crippen LogP contribution in [0.2, 0.25) is 0 Å². The molecule has 0 spiro atoms. The Hall–Kier alpha value is -7.17. The van der Waals surface area contributed by atoms with E-state index in [0.717, 1.165) is 55.5 Å². The molecule has 0 aliphatic carbocycles. The number of hydrogen-bond acceptors (Lipinski definition) is 4. The molecule has 0 aliphatic heterocycles. The number of aromatic nitrogens is 3. The summed E-state index contributed by atoms with van der Waals surface area (Å²) in [5.74, 6) is 1.94. The number of hydrogen-bond donors (Lipinski definition) is 0. The average Bonchev–Trinajstić information content (AvgIpc) is 3.64. The largest absolute Gasteiger partial charge is 0.455 e. The van der Waals surface area contributed by atoms with Crippen molar-refractivity contribution in [2.75, 3.05) is 0 Å². The van der Waals surface area contributed by atoms with Gasteiger partial charge in [-0.1, -0.05) is 158 Å². The highest BCUT2D eigenvalue weighted by atomic mass is 16.3. The first-order chi connectivity index (χ1) is 26.2. The molecule has 0 saturated carbocycles. The van der Waals surface area contributed by atoms with Gasteiger partial charge in [0.2, 0.25) is 0 Å². The van der Waals surface area contributed by atoms with Crippen LogP contribution in [0.1, 0.15) is 0 Å². The minimum Gasteiger partial charge on any atom is -0.455 e. The number of fused-ring (bicyclic) bond motifs is 4. The third-order valence-corrected chi connectivity index (χ3v) is 10.5. The molecule has 0 fully saturated rings. The first kappa shape index (κ1) is 29.5. The van der Waals surface area contributed by atoms with Gasteiger partial charge in [0, 0.05) is 33.0 Å². The fraction of sp³-hybridized carbons (Fsp3) is 0. The summed E-state index contributed by atoms with van der Waals surface area (Å²) < 4.78 is 6.62. The lowest BCUT2D eigenvalue weighted by Gasteiger charge is -2.11. The molecule has 0 unspecified atom stereocenters. The highest BCUT2D eigenvalue weighted by Gasteiger charge is 2.20. The van der Waals surface area contributed by atoms with Gasteiger partial charge in [0.15, 0.2) is 17.5 Å². The Kier molecular flexibility index (Phi) is 6.52. The Labute approximate surface area is 305 Å². The van der Waals surface area contributed by atoms with Crippen LogP contribution < -0.4 is 0 Å². The van der Waals surface area contributed by atoms with Gasteiger partial charge in [-0.15, -0.1) is 0 Å². The first-order valence-electron chi connectivity index (χ1n) is 17.9. The number of furan rings is 1. The van der Waals surface area contributed by atoms with Crippen LogP contribution in [-0.2, 0) is 0 Å². The van der Waals surface area contributed by atoms with Gasteiger partial charge < -0.3 is 4.42 Å². The van der Waals surface area contributed by atoms with Crippen molar-refractivity contribution in [3.05, 3.63) is 176 Å². The van der Waals surface area contributed by atoms with Gasteiger partial charge in [-0.05, 0) is 67.2 Å². The van der Waals surface area contributed by atoms with Crippen molar-refractivity contribution in [2.45, 2.75) is 0 Å². The maximum atomic E-state index is 6.62. The van der Waals surface area contributed by atoms with Gasteiger partial charge in [-0.3, -0.25) is 0 Å². The zero-order chi connectivity index (χ0) is 34.9. The van der Waals surface area contributed by atoms with Gasteiger partial charge >= 0.3 is 0 Å². The molecule has 4 nitrogen and oxygen atoms in total. The first-order valence-corrected chi connectivity index (χ1v) is 17.9. The molecule has 0 aliphatic rings. The summed E-state index contributed by atoms with van der Waals surface area (Å²) in [6.07, 6.45) is 0. The summed E-state index contributed by atoms with van der Waals surface area (Å²) in [7, 11) is 0. The summed E-state index contributed by atoms with van der Waals surface area (Å²) in [6, 6.07) is 61.5. The molecule has 11 rings (SSSR count). The van der Waals surface area contributed by atoms with E-state index in [1.54, 1.807) is 0 Å². The molecular weight excluding hydrogens is 647 g/mol. The summed E-state index contributed by atoms with van der Waals surface area (Å²) in [5, 5.41) is 9.71. The molecule has 53 heavy (non-hydrogen) atoms. The van der Waals surface area contributed by atoms with E-state index >= 15 is 0 Å². The smallest absolute Gasteiger partial charge is 0.164 e. The second-order valence-electron chi connectivity index (χ2n) is 13.6. The number of rotatable bonds is 5. The Morgan fingerprint density at radius 2 is 0.849 bits per heavy atom. The molecule has 11 aromatic rings. The summed E-state index contributed by atoms with van der Waals surface area (Å²) in [6.45, 7) is 0. The van der Waals surface area contributed by atoms with Crippen molar-refractivity contribution in [1.82, 2.24) is 15.0 Å². The van der Waals surface area contributed by atoms with Gasteiger partial charge in [0.1, 0.15) is 11.2 Å². The molecule has 0 atom stereocenters. The molecule has 0 radical (unpaired) electrons. The molecule has 0 saturated heterocycles. The molecule has 0 bridgehead atoms. The molecular formula is C49H29N3O. The Bertz CT molecular complexity index is 3150. The van der Waals surface area contributed by atoms with Crippen LogP contribution >= 0.6 is 0 Å². The number of benzene rings is 9. The maximum absolute atomic E-state index is 6.62. The van der Waals surface area contributed by atoms with Crippen LogP contribution in [0.4, 0.5) is 0 Å². The fourth-order valence-electron chi connectivity index (χ4n) is 7.88.